The van der Waals surface area contributed by atoms with Crippen LogP contribution in [-0.2, 0) is 15.3 Å². The highest BCUT2D eigenvalue weighted by Crippen LogP contribution is 2.35. The maximum absolute atomic E-state index is 5.85. The summed E-state index contributed by atoms with van der Waals surface area (Å²) in [5, 5.41) is 3.31. The van der Waals surface area contributed by atoms with Crippen molar-refractivity contribution in [1.82, 2.24) is 10.3 Å². The molecule has 2 fully saturated rings. The summed E-state index contributed by atoms with van der Waals surface area (Å²) in [6, 6.07) is 3.89. The molecule has 0 saturated carbocycles. The lowest BCUT2D eigenvalue weighted by atomic mass is 10.1. The summed E-state index contributed by atoms with van der Waals surface area (Å²) >= 11 is 0. The summed E-state index contributed by atoms with van der Waals surface area (Å²) in [4.78, 5) is 4.08. The molecule has 3 heterocycles. The van der Waals surface area contributed by atoms with Gasteiger partial charge in [-0.15, -0.1) is 0 Å². The van der Waals surface area contributed by atoms with Crippen molar-refractivity contribution >= 4 is 0 Å². The number of nitrogens with zero attached hydrogens (tertiary/aromatic N) is 1. The Labute approximate surface area is 82.2 Å². The monoisotopic (exact) mass is 192 g/mol. The van der Waals surface area contributed by atoms with E-state index in [1.807, 2.05) is 12.1 Å². The predicted octanol–water partition coefficient (Wildman–Crippen LogP) is 0.253. The van der Waals surface area contributed by atoms with E-state index in [1.54, 1.807) is 12.4 Å². The minimum absolute atomic E-state index is 0.184. The van der Waals surface area contributed by atoms with E-state index in [1.165, 1.54) is 0 Å². The smallest absolute Gasteiger partial charge is 0.209 e. The number of hydrogen-bond donors (Lipinski definition) is 1. The third kappa shape index (κ3) is 1.15. The number of pyridine rings is 1. The molecule has 1 aromatic rings. The Bertz CT molecular complexity index is 326. The van der Waals surface area contributed by atoms with Crippen molar-refractivity contribution in [3.8, 4) is 0 Å². The van der Waals surface area contributed by atoms with E-state index in [4.69, 9.17) is 9.47 Å². The molecule has 2 saturated heterocycles. The normalized spacial score (nSPS) is 35.9. The Morgan fingerprint density at radius 2 is 2.57 bits per heavy atom. The second kappa shape index (κ2) is 3.02. The van der Waals surface area contributed by atoms with E-state index in [9.17, 15) is 0 Å². The number of aromatic nitrogens is 1. The van der Waals surface area contributed by atoms with E-state index in [0.29, 0.717) is 13.2 Å². The summed E-state index contributed by atoms with van der Waals surface area (Å²) < 4.78 is 11.6. The van der Waals surface area contributed by atoms with E-state index < -0.39 is 5.79 Å². The van der Waals surface area contributed by atoms with Gasteiger partial charge in [-0.2, -0.15) is 0 Å². The van der Waals surface area contributed by atoms with Gasteiger partial charge in [0.05, 0.1) is 19.3 Å². The van der Waals surface area contributed by atoms with Gasteiger partial charge in [-0.25, -0.2) is 0 Å². The van der Waals surface area contributed by atoms with Crippen molar-refractivity contribution < 1.29 is 9.47 Å². The van der Waals surface area contributed by atoms with Crippen LogP contribution in [0.2, 0.25) is 0 Å². The van der Waals surface area contributed by atoms with Gasteiger partial charge in [0.15, 0.2) is 0 Å². The maximum Gasteiger partial charge on any atom is 0.209 e. The van der Waals surface area contributed by atoms with Gasteiger partial charge in [0.1, 0.15) is 0 Å². The molecule has 1 N–H and O–H groups in total. The van der Waals surface area contributed by atoms with Crippen LogP contribution in [-0.4, -0.2) is 30.8 Å². The van der Waals surface area contributed by atoms with Crippen molar-refractivity contribution in [2.45, 2.75) is 11.9 Å². The third-order valence-corrected chi connectivity index (χ3v) is 2.69. The fourth-order valence-electron chi connectivity index (χ4n) is 2.00. The minimum atomic E-state index is -0.586. The van der Waals surface area contributed by atoms with E-state index >= 15 is 0 Å². The quantitative estimate of drug-likeness (QED) is 0.692. The first-order valence-electron chi connectivity index (χ1n) is 4.82. The van der Waals surface area contributed by atoms with Crippen LogP contribution >= 0.6 is 0 Å². The summed E-state index contributed by atoms with van der Waals surface area (Å²) in [5.41, 5.74) is 0.995. The minimum Gasteiger partial charge on any atom is -0.342 e. The predicted molar refractivity (Wildman–Crippen MR) is 49.6 cm³/mol. The lowest BCUT2D eigenvalue weighted by Crippen LogP contribution is -2.46. The molecule has 2 atom stereocenters. The van der Waals surface area contributed by atoms with Gasteiger partial charge in [-0.3, -0.25) is 4.98 Å². The summed E-state index contributed by atoms with van der Waals surface area (Å²) in [6.07, 6.45) is 3.74. The highest BCUT2D eigenvalue weighted by Gasteiger charge is 2.46. The van der Waals surface area contributed by atoms with Crippen LogP contribution in [0.5, 0.6) is 0 Å². The number of rotatable bonds is 1. The number of nitrogens with one attached hydrogen (secondary N) is 1. The molecule has 0 radical (unpaired) electrons. The average molecular weight is 192 g/mol. The van der Waals surface area contributed by atoms with Gasteiger partial charge in [-0.05, 0) is 6.07 Å². The molecule has 4 nitrogen and oxygen atoms in total. The lowest BCUT2D eigenvalue weighted by molar-refractivity contribution is -0.186. The largest absolute Gasteiger partial charge is 0.342 e. The van der Waals surface area contributed by atoms with Gasteiger partial charge in [0.2, 0.25) is 5.79 Å². The van der Waals surface area contributed by atoms with Gasteiger partial charge in [0.25, 0.3) is 0 Å². The summed E-state index contributed by atoms with van der Waals surface area (Å²) in [5.74, 6) is -0.586. The van der Waals surface area contributed by atoms with Crippen molar-refractivity contribution in [3.63, 3.8) is 0 Å². The molecule has 2 aliphatic heterocycles. The van der Waals surface area contributed by atoms with Crippen LogP contribution in [0, 0.1) is 0 Å². The average Bonchev–Trinajstić information content (AvgIpc) is 2.57. The highest BCUT2D eigenvalue weighted by molar-refractivity contribution is 5.18. The van der Waals surface area contributed by atoms with E-state index in [2.05, 4.69) is 10.3 Å². The van der Waals surface area contributed by atoms with Gasteiger partial charge in [-0.1, -0.05) is 6.07 Å². The Balaban J connectivity index is 1.97. The Kier molecular flexibility index (Phi) is 1.80. The van der Waals surface area contributed by atoms with Crippen molar-refractivity contribution in [2.75, 3.05) is 19.7 Å². The molecule has 1 aromatic heterocycles. The van der Waals surface area contributed by atoms with Crippen molar-refractivity contribution in [3.05, 3.63) is 30.1 Å². The van der Waals surface area contributed by atoms with Crippen molar-refractivity contribution in [1.29, 1.82) is 0 Å². The van der Waals surface area contributed by atoms with Crippen LogP contribution in [0.25, 0.3) is 0 Å². The van der Waals surface area contributed by atoms with Crippen LogP contribution in [0.3, 0.4) is 0 Å². The second-order valence-corrected chi connectivity index (χ2v) is 3.68. The topological polar surface area (TPSA) is 43.4 Å². The molecule has 4 heteroatoms. The molecule has 0 unspecified atom stereocenters. The summed E-state index contributed by atoms with van der Waals surface area (Å²) in [7, 11) is 0. The summed E-state index contributed by atoms with van der Waals surface area (Å²) in [6.45, 7) is 2.25. The second-order valence-electron chi connectivity index (χ2n) is 3.68. The molecule has 74 valence electrons. The molecule has 0 spiro atoms. The third-order valence-electron chi connectivity index (χ3n) is 2.69. The molecule has 0 amide bonds. The standard InChI is InChI=1S/C10H12N2O2/c1-2-8(4-11-3-1)10-7-12-5-9(14-10)6-13-10/h1-4,9,12H,5-7H2/t9-,10-/m0/s1. The Morgan fingerprint density at radius 1 is 1.57 bits per heavy atom. The van der Waals surface area contributed by atoms with Crippen LogP contribution in [0.1, 0.15) is 5.56 Å². The molecular formula is C10H12N2O2. The first-order chi connectivity index (χ1) is 6.89. The van der Waals surface area contributed by atoms with Crippen LogP contribution in [0.4, 0.5) is 0 Å². The molecule has 3 rings (SSSR count). The number of fused-ring (bicyclic) bond motifs is 2. The highest BCUT2D eigenvalue weighted by atomic mass is 16.7. The van der Waals surface area contributed by atoms with Crippen LogP contribution in [0.15, 0.2) is 24.5 Å². The molecule has 0 aromatic carbocycles. The number of hydrogen-bond acceptors (Lipinski definition) is 4. The zero-order chi connectivity index (χ0) is 9.43. The SMILES string of the molecule is c1cncc([C@@]23CNC[C@@H](CO2)O3)c1. The Hall–Kier alpha value is -0.970. The van der Waals surface area contributed by atoms with E-state index in [-0.39, 0.29) is 6.10 Å². The first kappa shape index (κ1) is 8.35. The van der Waals surface area contributed by atoms with Gasteiger partial charge in [0, 0.05) is 24.5 Å². The molecule has 2 bridgehead atoms. The van der Waals surface area contributed by atoms with Gasteiger partial charge >= 0.3 is 0 Å². The lowest BCUT2D eigenvalue weighted by Gasteiger charge is -2.32. The molecule has 0 aliphatic carbocycles. The van der Waals surface area contributed by atoms with Crippen LogP contribution < -0.4 is 5.32 Å². The Morgan fingerprint density at radius 3 is 3.43 bits per heavy atom. The first-order valence-corrected chi connectivity index (χ1v) is 4.82. The van der Waals surface area contributed by atoms with Gasteiger partial charge < -0.3 is 14.8 Å². The maximum atomic E-state index is 5.85. The zero-order valence-electron chi connectivity index (χ0n) is 7.77. The molecular weight excluding hydrogens is 180 g/mol. The van der Waals surface area contributed by atoms with Crippen molar-refractivity contribution in [2.24, 2.45) is 0 Å². The molecule has 2 aliphatic rings. The number of ether oxygens (including phenoxy) is 2. The zero-order valence-corrected chi connectivity index (χ0v) is 7.77. The fourth-order valence-corrected chi connectivity index (χ4v) is 2.00. The molecule has 14 heavy (non-hydrogen) atoms. The fraction of sp³-hybridized carbons (Fsp3) is 0.500. The number of morpholine rings is 1. The van der Waals surface area contributed by atoms with E-state index in [0.717, 1.165) is 12.1 Å².